The topological polar surface area (TPSA) is 134 Å². The fourth-order valence-electron chi connectivity index (χ4n) is 8.01. The molecular formula is C37H49FN9O3+. The van der Waals surface area contributed by atoms with Gasteiger partial charge in [0.2, 0.25) is 6.17 Å². The quantitative estimate of drug-likeness (QED) is 0.186. The maximum absolute atomic E-state index is 15.7. The molecule has 1 amide bonds. The van der Waals surface area contributed by atoms with E-state index in [0.717, 1.165) is 52.2 Å². The molecule has 0 bridgehead atoms. The van der Waals surface area contributed by atoms with E-state index < -0.39 is 11.6 Å². The van der Waals surface area contributed by atoms with Gasteiger partial charge in [0.1, 0.15) is 35.0 Å². The number of carbonyl (C=O) groups excluding carboxylic acids is 1. The lowest BCUT2D eigenvalue weighted by Gasteiger charge is -2.46. The van der Waals surface area contributed by atoms with E-state index in [1.165, 1.54) is 6.07 Å². The van der Waals surface area contributed by atoms with Gasteiger partial charge in [0.05, 0.1) is 43.9 Å². The van der Waals surface area contributed by atoms with Crippen molar-refractivity contribution < 1.29 is 23.3 Å². The molecule has 5 unspecified atom stereocenters. The highest BCUT2D eigenvalue weighted by Gasteiger charge is 2.52. The maximum atomic E-state index is 15.7. The summed E-state index contributed by atoms with van der Waals surface area (Å²) >= 11 is 0. The molecule has 12 nitrogen and oxygen atoms in total. The van der Waals surface area contributed by atoms with Gasteiger partial charge >= 0.3 is 0 Å². The van der Waals surface area contributed by atoms with Crippen molar-refractivity contribution in [2.45, 2.75) is 56.6 Å². The summed E-state index contributed by atoms with van der Waals surface area (Å²) in [6.45, 7) is 11.0. The van der Waals surface area contributed by atoms with Gasteiger partial charge in [-0.2, -0.15) is 10.7 Å². The highest BCUT2D eigenvalue weighted by molar-refractivity contribution is 5.97. The molecular weight excluding hydrogens is 637 g/mol. The molecule has 0 aliphatic carbocycles. The summed E-state index contributed by atoms with van der Waals surface area (Å²) in [5.41, 5.74) is 10.4. The summed E-state index contributed by atoms with van der Waals surface area (Å²) in [6, 6.07) is 16.6. The number of carbonyl (C=O) groups is 1. The number of nitriles is 1. The first-order valence-electron chi connectivity index (χ1n) is 17.8. The van der Waals surface area contributed by atoms with E-state index in [1.54, 1.807) is 12.1 Å². The van der Waals surface area contributed by atoms with Gasteiger partial charge in [-0.1, -0.05) is 24.3 Å². The number of ether oxygens (including phenoxy) is 2. The van der Waals surface area contributed by atoms with Gasteiger partial charge in [-0.15, -0.1) is 4.68 Å². The first-order valence-corrected chi connectivity index (χ1v) is 17.8. The minimum Gasteiger partial charge on any atom is -0.457 e. The third-order valence-corrected chi connectivity index (χ3v) is 10.9. The van der Waals surface area contributed by atoms with Crippen LogP contribution in [0.1, 0.15) is 38.3 Å². The molecule has 0 radical (unpaired) electrons. The smallest absolute Gasteiger partial charge is 0.264 e. The van der Waals surface area contributed by atoms with Crippen molar-refractivity contribution in [2.75, 3.05) is 59.2 Å². The molecule has 5 N–H and O–H groups in total. The Kier molecular flexibility index (Phi) is 10.2. The lowest BCUT2D eigenvalue weighted by molar-refractivity contribution is -0.609. The molecule has 266 valence electrons. The number of hydrogen-bond acceptors (Lipinski definition) is 10. The molecule has 5 atom stereocenters. The Morgan fingerprint density at radius 1 is 1.10 bits per heavy atom. The summed E-state index contributed by atoms with van der Waals surface area (Å²) in [6.07, 6.45) is 5.12. The van der Waals surface area contributed by atoms with Crippen molar-refractivity contribution in [1.82, 2.24) is 30.8 Å². The van der Waals surface area contributed by atoms with Gasteiger partial charge in [-0.3, -0.25) is 19.9 Å². The number of amides is 1. The molecule has 13 heteroatoms. The number of hydrazone groups is 1. The molecule has 5 fully saturated rings. The van der Waals surface area contributed by atoms with Gasteiger partial charge in [0.15, 0.2) is 6.21 Å². The monoisotopic (exact) mass is 686 g/mol. The van der Waals surface area contributed by atoms with Crippen LogP contribution in [0.4, 0.5) is 4.39 Å². The fraction of sp³-hybridized carbons (Fsp3) is 0.541. The van der Waals surface area contributed by atoms with E-state index in [-0.39, 0.29) is 41.5 Å². The van der Waals surface area contributed by atoms with Crippen LogP contribution in [0.15, 0.2) is 60.2 Å². The van der Waals surface area contributed by atoms with Crippen molar-refractivity contribution >= 4 is 12.1 Å². The van der Waals surface area contributed by atoms with Crippen molar-refractivity contribution in [3.8, 4) is 17.6 Å². The number of piperazine rings is 1. The highest BCUT2D eigenvalue weighted by atomic mass is 19.1. The number of nitrogens with one attached hydrogen (secondary N) is 3. The standard InChI is InChI=1S/C37H49FN9O3/c1-37(2,46-15-13-44(14-16-46)27-22-49-23-27)18-26(19-39)36(48)45-12-6-7-25(20-45)21-47-35-32(34(40)41-24-42-35)33(43-47)30-11-10-29(17-31(30)38)50-28-8-4-3-5-9-28/h3-5,8-11,17-18,21,25,27,32-35,41-43H,6-7,12-16,20,22-24,40H2,1-2H3/q+1/b26-18+,47-21+. The Balaban J connectivity index is 1.04. The van der Waals surface area contributed by atoms with Crippen LogP contribution in [0.5, 0.6) is 11.5 Å². The minimum absolute atomic E-state index is 0.0375. The fourth-order valence-corrected chi connectivity index (χ4v) is 8.01. The van der Waals surface area contributed by atoms with Gasteiger partial charge in [0.25, 0.3) is 5.91 Å². The highest BCUT2D eigenvalue weighted by Crippen LogP contribution is 2.36. The predicted octanol–water partition coefficient (Wildman–Crippen LogP) is 2.12. The average Bonchev–Trinajstić information content (AvgIpc) is 3.46. The van der Waals surface area contributed by atoms with Crippen molar-refractivity contribution in [2.24, 2.45) is 17.6 Å². The number of piperidine rings is 1. The lowest BCUT2D eigenvalue weighted by atomic mass is 9.89. The molecule has 5 saturated heterocycles. The Morgan fingerprint density at radius 3 is 2.58 bits per heavy atom. The van der Waals surface area contributed by atoms with Crippen LogP contribution in [-0.4, -0.2) is 115 Å². The number of hydrogen-bond donors (Lipinski definition) is 4. The Labute approximate surface area is 293 Å². The molecule has 5 aliphatic heterocycles. The van der Waals surface area contributed by atoms with E-state index in [0.29, 0.717) is 42.9 Å². The number of likely N-dealkylation sites (tertiary alicyclic amines) is 1. The van der Waals surface area contributed by atoms with E-state index in [1.807, 2.05) is 46.0 Å². The second kappa shape index (κ2) is 14.8. The number of para-hydroxylation sites is 1. The van der Waals surface area contributed by atoms with Crippen LogP contribution in [0.3, 0.4) is 0 Å². The summed E-state index contributed by atoms with van der Waals surface area (Å²) in [7, 11) is 0. The van der Waals surface area contributed by atoms with Crippen molar-refractivity contribution in [3.05, 3.63) is 71.6 Å². The number of benzene rings is 2. The summed E-state index contributed by atoms with van der Waals surface area (Å²) in [5, 5.41) is 16.9. The number of nitrogens with two attached hydrogens (primary N) is 1. The minimum atomic E-state index is -0.436. The molecule has 7 rings (SSSR count). The zero-order valence-electron chi connectivity index (χ0n) is 28.9. The molecule has 0 aromatic heterocycles. The van der Waals surface area contributed by atoms with E-state index >= 15 is 4.39 Å². The third kappa shape index (κ3) is 7.28. The lowest BCUT2D eigenvalue weighted by Crippen LogP contribution is -2.62. The number of rotatable bonds is 8. The molecule has 2 aromatic carbocycles. The first kappa shape index (κ1) is 34.5. The number of nitrogens with zero attached hydrogens (tertiary/aromatic N) is 5. The second-order valence-corrected chi connectivity index (χ2v) is 14.6. The number of fused-ring (bicyclic) bond motifs is 1. The van der Waals surface area contributed by atoms with Gasteiger partial charge in [0, 0.05) is 56.4 Å². The van der Waals surface area contributed by atoms with Gasteiger partial charge < -0.3 is 20.1 Å². The molecule has 50 heavy (non-hydrogen) atoms. The normalized spacial score (nSPS) is 29.2. The van der Waals surface area contributed by atoms with Crippen LogP contribution in [-0.2, 0) is 9.53 Å². The maximum Gasteiger partial charge on any atom is 0.264 e. The van der Waals surface area contributed by atoms with Crippen LogP contribution < -0.4 is 26.5 Å². The Hall–Kier alpha value is -3.90. The van der Waals surface area contributed by atoms with E-state index in [4.69, 9.17) is 15.2 Å². The second-order valence-electron chi connectivity index (χ2n) is 14.6. The third-order valence-electron chi connectivity index (χ3n) is 10.9. The summed E-state index contributed by atoms with van der Waals surface area (Å²) in [5.74, 6) is 0.305. The molecule has 5 heterocycles. The Morgan fingerprint density at radius 2 is 1.88 bits per heavy atom. The van der Waals surface area contributed by atoms with Crippen LogP contribution in [0.2, 0.25) is 0 Å². The molecule has 2 aromatic rings. The van der Waals surface area contributed by atoms with Crippen LogP contribution in [0.25, 0.3) is 0 Å². The van der Waals surface area contributed by atoms with Crippen LogP contribution in [0, 0.1) is 29.0 Å². The van der Waals surface area contributed by atoms with E-state index in [9.17, 15) is 10.1 Å². The largest absolute Gasteiger partial charge is 0.457 e. The van der Waals surface area contributed by atoms with Crippen molar-refractivity contribution in [1.29, 1.82) is 5.26 Å². The average molecular weight is 687 g/mol. The predicted molar refractivity (Wildman–Crippen MR) is 186 cm³/mol. The van der Waals surface area contributed by atoms with Crippen LogP contribution >= 0.6 is 0 Å². The SMILES string of the molecule is CC(C)(/C=C(\C#N)C(=O)N1CCCC(/C=[N+]2/NC(c3ccc(Oc4ccccc4)cc3F)C3C(N)NCNC32)C1)N1CCN(C2COC2)CC1. The van der Waals surface area contributed by atoms with E-state index in [2.05, 4.69) is 52.0 Å². The Bertz CT molecular complexity index is 1630. The molecule has 0 spiro atoms. The van der Waals surface area contributed by atoms with Gasteiger partial charge in [-0.25, -0.2) is 9.71 Å². The zero-order valence-corrected chi connectivity index (χ0v) is 28.9. The molecule has 0 saturated carbocycles. The summed E-state index contributed by atoms with van der Waals surface area (Å²) in [4.78, 5) is 20.4. The number of hydrazine groups is 1. The van der Waals surface area contributed by atoms with Gasteiger partial charge in [-0.05, 0) is 51.0 Å². The van der Waals surface area contributed by atoms with Crippen molar-refractivity contribution in [3.63, 3.8) is 0 Å². The zero-order chi connectivity index (χ0) is 34.8. The summed E-state index contributed by atoms with van der Waals surface area (Å²) < 4.78 is 29.0. The number of halogens is 1. The molecule has 5 aliphatic rings. The first-order chi connectivity index (χ1) is 24.2.